The van der Waals surface area contributed by atoms with Crippen molar-refractivity contribution < 1.29 is 58.3 Å². The number of phenolic OH excluding ortho intramolecular Hbond substituents is 1. The number of rotatable bonds is 6. The van der Waals surface area contributed by atoms with Crippen molar-refractivity contribution in [3.8, 4) is 11.5 Å². The van der Waals surface area contributed by atoms with Gasteiger partial charge in [0.25, 0.3) is 0 Å². The van der Waals surface area contributed by atoms with Gasteiger partial charge in [-0.3, -0.25) is 9.36 Å². The molecule has 9 heteroatoms. The first-order valence-corrected chi connectivity index (χ1v) is 12.6. The molecule has 0 aliphatic carbocycles. The summed E-state index contributed by atoms with van der Waals surface area (Å²) < 4.78 is 15.3. The van der Waals surface area contributed by atoms with Crippen LogP contribution in [0, 0.1) is 0 Å². The Labute approximate surface area is 240 Å². The first-order valence-electron chi connectivity index (χ1n) is 10.4. The minimum absolute atomic E-state index is 0. The number of carbonyl (C=O) groups is 1. The molecule has 2 N–H and O–H groups in total. The van der Waals surface area contributed by atoms with E-state index in [9.17, 15) is 19.4 Å². The second-order valence-electron chi connectivity index (χ2n) is 7.22. The molecule has 178 valence electrons. The summed E-state index contributed by atoms with van der Waals surface area (Å²) in [5, 5.41) is 9.42. The van der Waals surface area contributed by atoms with Crippen LogP contribution >= 0.6 is 23.8 Å². The molecule has 4 rings (SSSR count). The van der Waals surface area contributed by atoms with Gasteiger partial charge in [0, 0.05) is 15.6 Å². The number of phenols is 1. The third-order valence-corrected chi connectivity index (χ3v) is 5.57. The van der Waals surface area contributed by atoms with Crippen LogP contribution in [0.2, 0.25) is 0 Å². The molecule has 6 nitrogen and oxygen atoms in total. The third kappa shape index (κ3) is 9.88. The van der Waals surface area contributed by atoms with Crippen LogP contribution in [0.25, 0.3) is 11.6 Å². The maximum Gasteiger partial charge on any atom is 1.00 e. The zero-order valence-corrected chi connectivity index (χ0v) is 23.8. The van der Waals surface area contributed by atoms with Gasteiger partial charge >= 0.3 is 37.4 Å². The molecule has 0 radical (unpaired) electrons. The van der Waals surface area contributed by atoms with E-state index in [2.05, 4.69) is 20.5 Å². The third-order valence-electron chi connectivity index (χ3n) is 4.60. The van der Waals surface area contributed by atoms with Gasteiger partial charge in [0.15, 0.2) is 5.78 Å². The van der Waals surface area contributed by atoms with Crippen LogP contribution in [-0.4, -0.2) is 15.8 Å². The van der Waals surface area contributed by atoms with E-state index in [0.29, 0.717) is 11.1 Å². The van der Waals surface area contributed by atoms with E-state index < -0.39 is 7.82 Å². The van der Waals surface area contributed by atoms with Crippen molar-refractivity contribution in [2.24, 2.45) is 0 Å². The monoisotopic (exact) mass is 574 g/mol. The number of aromatic hydroxyl groups is 1. The van der Waals surface area contributed by atoms with E-state index in [0.717, 1.165) is 15.6 Å². The van der Waals surface area contributed by atoms with E-state index in [1.165, 1.54) is 24.3 Å². The van der Waals surface area contributed by atoms with Gasteiger partial charge in [-0.15, -0.1) is 0 Å². The topological polar surface area (TPSA) is 107 Å². The predicted octanol–water partition coefficient (Wildman–Crippen LogP) is 3.11. The van der Waals surface area contributed by atoms with Crippen LogP contribution in [0.3, 0.4) is 0 Å². The Hall–Kier alpha value is -2.48. The van der Waals surface area contributed by atoms with E-state index in [1.54, 1.807) is 30.3 Å². The fourth-order valence-corrected chi connectivity index (χ4v) is 3.66. The van der Waals surface area contributed by atoms with Crippen LogP contribution in [0.5, 0.6) is 11.5 Å². The largest absolute Gasteiger partial charge is 1.00 e. The Morgan fingerprint density at radius 1 is 0.806 bits per heavy atom. The Balaban J connectivity index is 0.000000321. The van der Waals surface area contributed by atoms with Gasteiger partial charge in [-0.05, 0) is 65.7 Å². The second kappa shape index (κ2) is 14.3. The number of phosphoric ester groups is 1. The molecule has 1 unspecified atom stereocenters. The molecule has 0 saturated heterocycles. The molecule has 0 spiro atoms. The minimum atomic E-state index is -4.64. The zero-order chi connectivity index (χ0) is 25.3. The standard InChI is InChI=1S/C21H15BrO2.C6H7O4P.Na/c22-18-10-6-15(7-11-18)14-20(16-4-2-1-3-5-16)21(24)17-8-12-19(23)13-9-17;7-11(8,9)10-6-4-2-1-3-5-6;/h1-14,23H;1-5H,(H2,7,8,9);/q;;+1/p-1. The van der Waals surface area contributed by atoms with Gasteiger partial charge < -0.3 is 19.4 Å². The van der Waals surface area contributed by atoms with Crippen molar-refractivity contribution >= 4 is 41.2 Å². The number of allylic oxidation sites excluding steroid dienone is 1. The average molecular weight is 575 g/mol. The number of benzene rings is 4. The summed E-state index contributed by atoms with van der Waals surface area (Å²) in [4.78, 5) is 31.4. The molecule has 0 bridgehead atoms. The molecule has 4 aromatic rings. The molecular formula is C27H21BrNaO6P. The van der Waals surface area contributed by atoms with E-state index in [-0.39, 0.29) is 46.8 Å². The number of Topliss-reactive ketones (excluding diaryl/α,β-unsaturated/α-hetero) is 1. The molecule has 0 aliphatic heterocycles. The maximum absolute atomic E-state index is 13.0. The molecule has 0 saturated carbocycles. The normalized spacial score (nSPS) is 12.2. The molecule has 0 aromatic heterocycles. The molecular weight excluding hydrogens is 554 g/mol. The minimum Gasteiger partial charge on any atom is -0.746 e. The average Bonchev–Trinajstić information content (AvgIpc) is 2.84. The van der Waals surface area contributed by atoms with Gasteiger partial charge in [0.05, 0.1) is 0 Å². The quantitative estimate of drug-likeness (QED) is 0.120. The Morgan fingerprint density at radius 2 is 1.33 bits per heavy atom. The van der Waals surface area contributed by atoms with Crippen molar-refractivity contribution in [1.29, 1.82) is 0 Å². The smallest absolute Gasteiger partial charge is 0.746 e. The van der Waals surface area contributed by atoms with Gasteiger partial charge in [-0.25, -0.2) is 0 Å². The number of carbonyl (C=O) groups excluding carboxylic acids is 1. The first kappa shape index (κ1) is 29.7. The summed E-state index contributed by atoms with van der Waals surface area (Å²) >= 11 is 3.42. The summed E-state index contributed by atoms with van der Waals surface area (Å²) in [5.41, 5.74) is 2.96. The van der Waals surface area contributed by atoms with Gasteiger partial charge in [-0.1, -0.05) is 76.6 Å². The molecule has 4 aromatic carbocycles. The van der Waals surface area contributed by atoms with Crippen molar-refractivity contribution in [2.45, 2.75) is 0 Å². The Morgan fingerprint density at radius 3 is 1.86 bits per heavy atom. The van der Waals surface area contributed by atoms with Crippen LogP contribution < -0.4 is 39.0 Å². The number of ketones is 1. The molecule has 0 aliphatic rings. The SMILES string of the molecule is O=C(C(=Cc1ccc(Br)cc1)c1ccccc1)c1ccc(O)cc1.O=P([O-])(O)Oc1ccccc1.[Na+]. The van der Waals surface area contributed by atoms with Crippen LogP contribution in [0.1, 0.15) is 21.5 Å². The molecule has 0 fully saturated rings. The fraction of sp³-hybridized carbons (Fsp3) is 0. The van der Waals surface area contributed by atoms with Crippen LogP contribution in [0.15, 0.2) is 114 Å². The summed E-state index contributed by atoms with van der Waals surface area (Å²) in [6, 6.07) is 31.5. The number of halogens is 1. The number of hydrogen-bond donors (Lipinski definition) is 2. The molecule has 0 amide bonds. The predicted molar refractivity (Wildman–Crippen MR) is 138 cm³/mol. The van der Waals surface area contributed by atoms with Crippen molar-refractivity contribution in [2.75, 3.05) is 0 Å². The van der Waals surface area contributed by atoms with Gasteiger partial charge in [0.1, 0.15) is 11.5 Å². The molecule has 1 atom stereocenters. The van der Waals surface area contributed by atoms with Crippen LogP contribution in [0.4, 0.5) is 0 Å². The van der Waals surface area contributed by atoms with Crippen molar-refractivity contribution in [1.82, 2.24) is 0 Å². The summed E-state index contributed by atoms with van der Waals surface area (Å²) in [7, 11) is -4.64. The fourth-order valence-electron chi connectivity index (χ4n) is 3.01. The number of hydrogen-bond acceptors (Lipinski definition) is 5. The summed E-state index contributed by atoms with van der Waals surface area (Å²) in [6.07, 6.45) is 1.89. The van der Waals surface area contributed by atoms with Crippen LogP contribution in [-0.2, 0) is 4.57 Å². The Kier molecular flexibility index (Phi) is 11.8. The van der Waals surface area contributed by atoms with Crippen molar-refractivity contribution in [3.63, 3.8) is 0 Å². The van der Waals surface area contributed by atoms with Crippen molar-refractivity contribution in [3.05, 3.63) is 130 Å². The first-order chi connectivity index (χ1) is 16.7. The second-order valence-corrected chi connectivity index (χ2v) is 9.26. The Bertz CT molecular complexity index is 1320. The van der Waals surface area contributed by atoms with E-state index in [4.69, 9.17) is 4.89 Å². The van der Waals surface area contributed by atoms with Gasteiger partial charge in [0.2, 0.25) is 0 Å². The molecule has 0 heterocycles. The zero-order valence-electron chi connectivity index (χ0n) is 19.3. The number of phosphoric acid groups is 1. The number of para-hydroxylation sites is 1. The van der Waals surface area contributed by atoms with Gasteiger partial charge in [-0.2, -0.15) is 0 Å². The summed E-state index contributed by atoms with van der Waals surface area (Å²) in [5.74, 6) is 0.169. The van der Waals surface area contributed by atoms with E-state index >= 15 is 0 Å². The van der Waals surface area contributed by atoms with E-state index in [1.807, 2.05) is 60.7 Å². The maximum atomic E-state index is 13.0. The summed E-state index contributed by atoms with van der Waals surface area (Å²) in [6.45, 7) is 0. The molecule has 36 heavy (non-hydrogen) atoms.